The minimum absolute atomic E-state index is 1.04. The highest BCUT2D eigenvalue weighted by molar-refractivity contribution is 7.11. The Morgan fingerprint density at radius 2 is 1.52 bits per heavy atom. The van der Waals surface area contributed by atoms with Crippen LogP contribution < -0.4 is 0 Å². The molecule has 27 heavy (non-hydrogen) atoms. The van der Waals surface area contributed by atoms with Gasteiger partial charge >= 0.3 is 0 Å². The summed E-state index contributed by atoms with van der Waals surface area (Å²) in [5.74, 6) is 0. The molecular weight excluding hydrogens is 346 g/mol. The van der Waals surface area contributed by atoms with Crippen LogP contribution in [0.1, 0.15) is 38.4 Å². The van der Waals surface area contributed by atoms with Gasteiger partial charge in [-0.1, -0.05) is 54.6 Å². The average Bonchev–Trinajstić information content (AvgIpc) is 3.01. The van der Waals surface area contributed by atoms with E-state index >= 15 is 0 Å². The van der Waals surface area contributed by atoms with Crippen LogP contribution in [0.5, 0.6) is 0 Å². The topological polar surface area (TPSA) is 3.24 Å². The van der Waals surface area contributed by atoms with Crippen LogP contribution in [0.15, 0.2) is 66.7 Å². The monoisotopic (exact) mass is 373 g/mol. The molecule has 1 aliphatic rings. The summed E-state index contributed by atoms with van der Waals surface area (Å²) < 4.78 is 0. The molecule has 1 nitrogen and oxygen atoms in total. The number of nitrogens with zero attached hydrogens (tertiary/aromatic N) is 1. The highest BCUT2D eigenvalue weighted by atomic mass is 32.1. The van der Waals surface area contributed by atoms with Gasteiger partial charge in [0.05, 0.1) is 0 Å². The van der Waals surface area contributed by atoms with Crippen molar-refractivity contribution in [2.45, 2.75) is 32.7 Å². The Kier molecular flexibility index (Phi) is 5.56. The van der Waals surface area contributed by atoms with Crippen LogP contribution in [0, 0.1) is 6.92 Å². The van der Waals surface area contributed by atoms with E-state index in [4.69, 9.17) is 0 Å². The lowest BCUT2D eigenvalue weighted by molar-refractivity contribution is 0.336. The lowest BCUT2D eigenvalue weighted by atomic mass is 9.93. The smallest absolute Gasteiger partial charge is 0.0325 e. The maximum absolute atomic E-state index is 2.46. The van der Waals surface area contributed by atoms with Crippen LogP contribution in [-0.2, 0) is 19.4 Å². The first kappa shape index (κ1) is 18.2. The number of fused-ring (bicyclic) bond motifs is 2. The Balaban J connectivity index is 1.55. The van der Waals surface area contributed by atoms with Crippen LogP contribution in [0.2, 0.25) is 0 Å². The zero-order valence-electron chi connectivity index (χ0n) is 16.2. The zero-order valence-corrected chi connectivity index (χ0v) is 17.1. The maximum atomic E-state index is 2.46. The third-order valence-electron chi connectivity index (χ3n) is 5.36. The van der Waals surface area contributed by atoms with Gasteiger partial charge in [-0.05, 0) is 73.2 Å². The number of aryl methyl sites for hydroxylation is 3. The normalized spacial score (nSPS) is 13.2. The Morgan fingerprint density at radius 1 is 0.889 bits per heavy atom. The molecule has 2 heteroatoms. The summed E-state index contributed by atoms with van der Waals surface area (Å²) >= 11 is 1.90. The van der Waals surface area contributed by atoms with Gasteiger partial charge in [0.25, 0.3) is 0 Å². The number of hydrogen-bond donors (Lipinski definition) is 0. The summed E-state index contributed by atoms with van der Waals surface area (Å²) in [4.78, 5) is 5.27. The first-order valence-electron chi connectivity index (χ1n) is 9.81. The lowest BCUT2D eigenvalue weighted by Gasteiger charge is -2.16. The van der Waals surface area contributed by atoms with Gasteiger partial charge in [0, 0.05) is 22.8 Å². The summed E-state index contributed by atoms with van der Waals surface area (Å²) in [6.45, 7) is 4.29. The molecule has 1 heterocycles. The number of rotatable bonds is 5. The van der Waals surface area contributed by atoms with E-state index in [-0.39, 0.29) is 0 Å². The van der Waals surface area contributed by atoms with Crippen molar-refractivity contribution in [3.63, 3.8) is 0 Å². The van der Waals surface area contributed by atoms with Gasteiger partial charge in [-0.3, -0.25) is 0 Å². The Bertz CT molecular complexity index is 901. The molecule has 0 amide bonds. The fourth-order valence-corrected chi connectivity index (χ4v) is 4.95. The van der Waals surface area contributed by atoms with Crippen molar-refractivity contribution in [3.05, 3.63) is 98.7 Å². The fourth-order valence-electron chi connectivity index (χ4n) is 3.98. The predicted octanol–water partition coefficient (Wildman–Crippen LogP) is 6.11. The Labute approximate surface area is 167 Å². The minimum Gasteiger partial charge on any atom is -0.301 e. The third kappa shape index (κ3) is 4.23. The molecular formula is C25H27NS. The molecule has 0 unspecified atom stereocenters. The van der Waals surface area contributed by atoms with E-state index in [1.807, 2.05) is 11.3 Å². The van der Waals surface area contributed by atoms with E-state index in [1.165, 1.54) is 37.6 Å². The van der Waals surface area contributed by atoms with Gasteiger partial charge in [0.1, 0.15) is 0 Å². The van der Waals surface area contributed by atoms with Crippen LogP contribution >= 0.6 is 11.3 Å². The average molecular weight is 374 g/mol. The Hall–Kier alpha value is -2.16. The zero-order chi connectivity index (χ0) is 18.6. The quantitative estimate of drug-likeness (QED) is 0.521. The first-order chi connectivity index (χ1) is 13.2. The van der Waals surface area contributed by atoms with Crippen molar-refractivity contribution >= 4 is 16.9 Å². The largest absolute Gasteiger partial charge is 0.301 e. The number of benzene rings is 2. The molecule has 0 radical (unpaired) electrons. The maximum Gasteiger partial charge on any atom is 0.0325 e. The SMILES string of the molecule is Cc1ccc(CN(C)CCC=C2c3ccccc3CCc3ccccc32)s1. The molecule has 0 spiro atoms. The van der Waals surface area contributed by atoms with Gasteiger partial charge in [-0.15, -0.1) is 11.3 Å². The second kappa shape index (κ2) is 8.24. The molecule has 0 saturated heterocycles. The molecule has 0 fully saturated rings. The molecule has 0 bridgehead atoms. The third-order valence-corrected chi connectivity index (χ3v) is 6.35. The number of thiophene rings is 1. The predicted molar refractivity (Wildman–Crippen MR) is 117 cm³/mol. The lowest BCUT2D eigenvalue weighted by Crippen LogP contribution is -2.18. The highest BCUT2D eigenvalue weighted by Crippen LogP contribution is 2.33. The van der Waals surface area contributed by atoms with Crippen LogP contribution in [0.4, 0.5) is 0 Å². The summed E-state index contributed by atoms with van der Waals surface area (Å²) in [5, 5.41) is 0. The number of hydrogen-bond acceptors (Lipinski definition) is 2. The van der Waals surface area contributed by atoms with Gasteiger partial charge in [0.2, 0.25) is 0 Å². The van der Waals surface area contributed by atoms with Gasteiger partial charge < -0.3 is 4.90 Å². The standard InChI is InChI=1S/C25H27NS/c1-19-13-16-22(27-19)18-26(2)17-7-12-25-23-10-5-3-8-20(23)14-15-21-9-4-6-11-24(21)25/h3-6,8-13,16H,7,14-15,17-18H2,1-2H3. The van der Waals surface area contributed by atoms with E-state index in [0.717, 1.165) is 32.4 Å². The molecule has 0 atom stereocenters. The highest BCUT2D eigenvalue weighted by Gasteiger charge is 2.17. The molecule has 1 aliphatic carbocycles. The summed E-state index contributed by atoms with van der Waals surface area (Å²) in [6, 6.07) is 22.3. The van der Waals surface area contributed by atoms with Crippen molar-refractivity contribution in [2.24, 2.45) is 0 Å². The molecule has 0 N–H and O–H groups in total. The van der Waals surface area contributed by atoms with Crippen LogP contribution in [-0.4, -0.2) is 18.5 Å². The van der Waals surface area contributed by atoms with Crippen molar-refractivity contribution in [3.8, 4) is 0 Å². The van der Waals surface area contributed by atoms with Gasteiger partial charge in [0.15, 0.2) is 0 Å². The first-order valence-corrected chi connectivity index (χ1v) is 10.6. The molecule has 2 aromatic carbocycles. The summed E-state index contributed by atoms with van der Waals surface area (Å²) in [7, 11) is 2.22. The Morgan fingerprint density at radius 3 is 2.11 bits per heavy atom. The second-order valence-corrected chi connectivity index (χ2v) is 8.84. The minimum atomic E-state index is 1.04. The molecule has 138 valence electrons. The van der Waals surface area contributed by atoms with E-state index in [0.29, 0.717) is 0 Å². The molecule has 0 saturated carbocycles. The van der Waals surface area contributed by atoms with Crippen LogP contribution in [0.3, 0.4) is 0 Å². The molecule has 3 aromatic rings. The van der Waals surface area contributed by atoms with Gasteiger partial charge in [-0.25, -0.2) is 0 Å². The molecule has 4 rings (SSSR count). The van der Waals surface area contributed by atoms with E-state index < -0.39 is 0 Å². The van der Waals surface area contributed by atoms with E-state index in [9.17, 15) is 0 Å². The van der Waals surface area contributed by atoms with Crippen molar-refractivity contribution in [1.29, 1.82) is 0 Å². The van der Waals surface area contributed by atoms with E-state index in [2.05, 4.69) is 85.6 Å². The van der Waals surface area contributed by atoms with Crippen molar-refractivity contribution in [2.75, 3.05) is 13.6 Å². The van der Waals surface area contributed by atoms with Gasteiger partial charge in [-0.2, -0.15) is 0 Å². The van der Waals surface area contributed by atoms with Crippen molar-refractivity contribution < 1.29 is 0 Å². The van der Waals surface area contributed by atoms with Crippen LogP contribution in [0.25, 0.3) is 5.57 Å². The summed E-state index contributed by atoms with van der Waals surface area (Å²) in [6.07, 6.45) is 5.78. The van der Waals surface area contributed by atoms with Crippen molar-refractivity contribution in [1.82, 2.24) is 4.90 Å². The molecule has 1 aromatic heterocycles. The second-order valence-electron chi connectivity index (χ2n) is 7.47. The summed E-state index contributed by atoms with van der Waals surface area (Å²) in [5.41, 5.74) is 7.20. The molecule has 0 aliphatic heterocycles. The fraction of sp³-hybridized carbons (Fsp3) is 0.280. The van der Waals surface area contributed by atoms with E-state index in [1.54, 1.807) is 0 Å².